The SMILES string of the molecule is NCCNC(=O)c1ccc(OCc2ccccc2)cc1. The van der Waals surface area contributed by atoms with E-state index >= 15 is 0 Å². The summed E-state index contributed by atoms with van der Waals surface area (Å²) in [5.41, 5.74) is 7.05. The van der Waals surface area contributed by atoms with Gasteiger partial charge in [-0.3, -0.25) is 4.79 Å². The molecule has 0 heterocycles. The van der Waals surface area contributed by atoms with Gasteiger partial charge in [-0.2, -0.15) is 0 Å². The maximum absolute atomic E-state index is 11.7. The van der Waals surface area contributed by atoms with Crippen LogP contribution in [-0.4, -0.2) is 19.0 Å². The second-order valence-corrected chi connectivity index (χ2v) is 4.34. The predicted octanol–water partition coefficient (Wildman–Crippen LogP) is 1.95. The van der Waals surface area contributed by atoms with E-state index in [4.69, 9.17) is 10.5 Å². The van der Waals surface area contributed by atoms with Gasteiger partial charge in [0.25, 0.3) is 5.91 Å². The van der Waals surface area contributed by atoms with Gasteiger partial charge in [0, 0.05) is 18.7 Å². The number of amides is 1. The van der Waals surface area contributed by atoms with Crippen LogP contribution in [0.25, 0.3) is 0 Å². The van der Waals surface area contributed by atoms with Crippen molar-refractivity contribution in [3.05, 3.63) is 65.7 Å². The predicted molar refractivity (Wildman–Crippen MR) is 78.6 cm³/mol. The molecule has 20 heavy (non-hydrogen) atoms. The maximum atomic E-state index is 11.7. The molecule has 0 saturated carbocycles. The van der Waals surface area contributed by atoms with Crippen LogP contribution in [0, 0.1) is 0 Å². The lowest BCUT2D eigenvalue weighted by Gasteiger charge is -2.07. The molecule has 0 aliphatic rings. The third-order valence-electron chi connectivity index (χ3n) is 2.79. The van der Waals surface area contributed by atoms with Gasteiger partial charge in [0.05, 0.1) is 0 Å². The summed E-state index contributed by atoms with van der Waals surface area (Å²) in [4.78, 5) is 11.7. The fourth-order valence-corrected chi connectivity index (χ4v) is 1.73. The fraction of sp³-hybridized carbons (Fsp3) is 0.188. The number of rotatable bonds is 6. The molecule has 0 unspecified atom stereocenters. The van der Waals surface area contributed by atoms with Crippen molar-refractivity contribution in [2.75, 3.05) is 13.1 Å². The highest BCUT2D eigenvalue weighted by molar-refractivity contribution is 5.94. The van der Waals surface area contributed by atoms with Crippen LogP contribution in [0.4, 0.5) is 0 Å². The van der Waals surface area contributed by atoms with Crippen LogP contribution >= 0.6 is 0 Å². The molecule has 4 nitrogen and oxygen atoms in total. The summed E-state index contributed by atoms with van der Waals surface area (Å²) in [5, 5.41) is 2.72. The number of hydrogen-bond acceptors (Lipinski definition) is 3. The molecule has 0 radical (unpaired) electrons. The Labute approximate surface area is 118 Å². The van der Waals surface area contributed by atoms with Crippen LogP contribution in [0.5, 0.6) is 5.75 Å². The molecule has 4 heteroatoms. The van der Waals surface area contributed by atoms with Gasteiger partial charge in [-0.25, -0.2) is 0 Å². The highest BCUT2D eigenvalue weighted by atomic mass is 16.5. The van der Waals surface area contributed by atoms with E-state index in [-0.39, 0.29) is 5.91 Å². The third kappa shape index (κ3) is 4.10. The molecule has 0 aromatic heterocycles. The number of carbonyl (C=O) groups is 1. The molecule has 0 aliphatic carbocycles. The largest absolute Gasteiger partial charge is 0.489 e. The van der Waals surface area contributed by atoms with Crippen LogP contribution in [0.3, 0.4) is 0 Å². The minimum atomic E-state index is -0.120. The van der Waals surface area contributed by atoms with Crippen molar-refractivity contribution in [3.8, 4) is 5.75 Å². The molecule has 0 aliphatic heterocycles. The van der Waals surface area contributed by atoms with Crippen molar-refractivity contribution >= 4 is 5.91 Å². The number of carbonyl (C=O) groups excluding carboxylic acids is 1. The molecule has 3 N–H and O–H groups in total. The number of hydrogen-bond donors (Lipinski definition) is 2. The van der Waals surface area contributed by atoms with E-state index in [1.807, 2.05) is 30.3 Å². The lowest BCUT2D eigenvalue weighted by molar-refractivity contribution is 0.0954. The molecule has 2 aromatic rings. The second-order valence-electron chi connectivity index (χ2n) is 4.34. The molecule has 0 atom stereocenters. The molecular weight excluding hydrogens is 252 g/mol. The van der Waals surface area contributed by atoms with Crippen LogP contribution < -0.4 is 15.8 Å². The Bertz CT molecular complexity index is 538. The van der Waals surface area contributed by atoms with Gasteiger partial charge < -0.3 is 15.8 Å². The molecule has 0 saturated heterocycles. The molecular formula is C16H18N2O2. The fourth-order valence-electron chi connectivity index (χ4n) is 1.73. The van der Waals surface area contributed by atoms with Gasteiger partial charge in [-0.1, -0.05) is 30.3 Å². The van der Waals surface area contributed by atoms with E-state index in [1.165, 1.54) is 0 Å². The van der Waals surface area contributed by atoms with Crippen molar-refractivity contribution in [2.45, 2.75) is 6.61 Å². The highest BCUT2D eigenvalue weighted by Crippen LogP contribution is 2.14. The maximum Gasteiger partial charge on any atom is 0.251 e. The molecule has 2 rings (SSSR count). The average Bonchev–Trinajstić information content (AvgIpc) is 2.52. The van der Waals surface area contributed by atoms with Crippen LogP contribution in [0.15, 0.2) is 54.6 Å². The molecule has 0 fully saturated rings. The standard InChI is InChI=1S/C16H18N2O2/c17-10-11-18-16(19)14-6-8-15(9-7-14)20-12-13-4-2-1-3-5-13/h1-9H,10-12,17H2,(H,18,19). The zero-order valence-corrected chi connectivity index (χ0v) is 11.2. The Morgan fingerprint density at radius 2 is 1.75 bits per heavy atom. The number of ether oxygens (including phenoxy) is 1. The van der Waals surface area contributed by atoms with Crippen LogP contribution in [-0.2, 0) is 6.61 Å². The summed E-state index contributed by atoms with van der Waals surface area (Å²) in [6.07, 6.45) is 0. The second kappa shape index (κ2) is 7.31. The van der Waals surface area contributed by atoms with Gasteiger partial charge in [-0.05, 0) is 29.8 Å². The lowest BCUT2D eigenvalue weighted by atomic mass is 10.2. The van der Waals surface area contributed by atoms with E-state index in [0.29, 0.717) is 25.3 Å². The first-order chi connectivity index (χ1) is 9.79. The third-order valence-corrected chi connectivity index (χ3v) is 2.79. The average molecular weight is 270 g/mol. The van der Waals surface area contributed by atoms with Crippen molar-refractivity contribution in [2.24, 2.45) is 5.73 Å². The van der Waals surface area contributed by atoms with Crippen molar-refractivity contribution < 1.29 is 9.53 Å². The van der Waals surface area contributed by atoms with Crippen molar-refractivity contribution in [1.82, 2.24) is 5.32 Å². The first kappa shape index (κ1) is 14.1. The number of nitrogens with two attached hydrogens (primary N) is 1. The lowest BCUT2D eigenvalue weighted by Crippen LogP contribution is -2.28. The smallest absolute Gasteiger partial charge is 0.251 e. The summed E-state index contributed by atoms with van der Waals surface area (Å²) < 4.78 is 5.66. The van der Waals surface area contributed by atoms with E-state index in [0.717, 1.165) is 11.3 Å². The molecule has 2 aromatic carbocycles. The molecule has 104 valence electrons. The Hall–Kier alpha value is -2.33. The molecule has 1 amide bonds. The quantitative estimate of drug-likeness (QED) is 0.843. The van der Waals surface area contributed by atoms with Crippen molar-refractivity contribution in [1.29, 1.82) is 0 Å². The van der Waals surface area contributed by atoms with Gasteiger partial charge in [0.2, 0.25) is 0 Å². The first-order valence-electron chi connectivity index (χ1n) is 6.54. The monoisotopic (exact) mass is 270 g/mol. The zero-order chi connectivity index (χ0) is 14.2. The minimum Gasteiger partial charge on any atom is -0.489 e. The Morgan fingerprint density at radius 3 is 2.40 bits per heavy atom. The van der Waals surface area contributed by atoms with Gasteiger partial charge in [0.1, 0.15) is 12.4 Å². The minimum absolute atomic E-state index is 0.120. The number of benzene rings is 2. The van der Waals surface area contributed by atoms with E-state index < -0.39 is 0 Å². The van der Waals surface area contributed by atoms with Crippen molar-refractivity contribution in [3.63, 3.8) is 0 Å². The highest BCUT2D eigenvalue weighted by Gasteiger charge is 2.04. The molecule has 0 spiro atoms. The van der Waals surface area contributed by atoms with Gasteiger partial charge in [0.15, 0.2) is 0 Å². The summed E-state index contributed by atoms with van der Waals surface area (Å²) in [6, 6.07) is 17.0. The summed E-state index contributed by atoms with van der Waals surface area (Å²) in [7, 11) is 0. The zero-order valence-electron chi connectivity index (χ0n) is 11.2. The van der Waals surface area contributed by atoms with Crippen LogP contribution in [0.1, 0.15) is 15.9 Å². The summed E-state index contributed by atoms with van der Waals surface area (Å²) in [5.74, 6) is 0.620. The van der Waals surface area contributed by atoms with E-state index in [9.17, 15) is 4.79 Å². The Morgan fingerprint density at radius 1 is 1.05 bits per heavy atom. The van der Waals surface area contributed by atoms with Crippen LogP contribution in [0.2, 0.25) is 0 Å². The Kier molecular flexibility index (Phi) is 5.15. The number of nitrogens with one attached hydrogen (secondary N) is 1. The molecule has 0 bridgehead atoms. The van der Waals surface area contributed by atoms with Gasteiger partial charge in [-0.15, -0.1) is 0 Å². The van der Waals surface area contributed by atoms with Gasteiger partial charge >= 0.3 is 0 Å². The topological polar surface area (TPSA) is 64.3 Å². The first-order valence-corrected chi connectivity index (χ1v) is 6.54. The van der Waals surface area contributed by atoms with E-state index in [2.05, 4.69) is 5.32 Å². The summed E-state index contributed by atoms with van der Waals surface area (Å²) >= 11 is 0. The normalized spacial score (nSPS) is 10.1. The summed E-state index contributed by atoms with van der Waals surface area (Å²) in [6.45, 7) is 1.43. The Balaban J connectivity index is 1.90. The van der Waals surface area contributed by atoms with E-state index in [1.54, 1.807) is 24.3 Å².